The van der Waals surface area contributed by atoms with Crippen molar-refractivity contribution in [3.63, 3.8) is 0 Å². The molecule has 0 atom stereocenters. The van der Waals surface area contributed by atoms with Crippen molar-refractivity contribution >= 4 is 87.2 Å². The van der Waals surface area contributed by atoms with Gasteiger partial charge < -0.3 is 9.97 Å². The number of aromatic amines is 2. The van der Waals surface area contributed by atoms with Gasteiger partial charge in [0.15, 0.2) is 23.3 Å². The zero-order chi connectivity index (χ0) is 50.0. The molecule has 0 saturated heterocycles. The van der Waals surface area contributed by atoms with E-state index in [2.05, 4.69) is 214 Å². The standard InChI is InChI=1S/C64H58N8/c1-61(2,3)37-21-13-33-17-25-41-49(45(33)29-37)57-65-53(41)70-58-51-43(27-19-35-15-23-39(31-47(35)51)63(7,8)9)55(67-58)72-60-52-44(28-20-36-16-24-40(32-48(36)52)64(10,11)12)56(68-60)71-59-50-42(54(66-59)69-57)26-18-34-14-22-38(30-46(34)50)62(4,5)6/h13-32H,1-12H3,(H2,65,66,67,68,69,70,71,72). The van der Waals surface area contributed by atoms with E-state index in [1.165, 1.54) is 22.3 Å². The smallest absolute Gasteiger partial charge is 0.165 e. The summed E-state index contributed by atoms with van der Waals surface area (Å²) in [5, 5.41) is 12.7. The van der Waals surface area contributed by atoms with Crippen molar-refractivity contribution in [2.45, 2.75) is 105 Å². The topological polar surface area (TPSA) is 109 Å². The first kappa shape index (κ1) is 44.1. The highest BCUT2D eigenvalue weighted by atomic mass is 15.1. The second-order valence-electron chi connectivity index (χ2n) is 24.3. The van der Waals surface area contributed by atoms with Gasteiger partial charge in [-0.3, -0.25) is 0 Å². The second kappa shape index (κ2) is 14.9. The molecule has 0 fully saturated rings. The fourth-order valence-corrected chi connectivity index (χ4v) is 10.9. The molecule has 0 spiro atoms. The van der Waals surface area contributed by atoms with E-state index >= 15 is 0 Å². The summed E-state index contributed by atoms with van der Waals surface area (Å²) >= 11 is 0. The Hall–Kier alpha value is -7.84. The first-order chi connectivity index (χ1) is 34.2. The number of nitrogens with one attached hydrogen (secondary N) is 2. The van der Waals surface area contributed by atoms with Gasteiger partial charge in [-0.1, -0.05) is 156 Å². The molecule has 3 aromatic heterocycles. The molecule has 72 heavy (non-hydrogen) atoms. The van der Waals surface area contributed by atoms with Crippen molar-refractivity contribution in [1.29, 1.82) is 0 Å². The Bertz CT molecular complexity index is 4090. The van der Waals surface area contributed by atoms with Crippen LogP contribution in [0.3, 0.4) is 0 Å². The molecule has 0 radical (unpaired) electrons. The zero-order valence-corrected chi connectivity index (χ0v) is 43.2. The third-order valence-electron chi connectivity index (χ3n) is 15.2. The van der Waals surface area contributed by atoms with Gasteiger partial charge in [-0.25, -0.2) is 29.9 Å². The predicted octanol–water partition coefficient (Wildman–Crippen LogP) is 16.7. The predicted molar refractivity (Wildman–Crippen MR) is 301 cm³/mol. The SMILES string of the molecule is CC(C)(C)c1ccc2ccc3c(c2c1)-c1nc-3nc2[nH]c(nc3nc(nc4[nH]c(n1)c1ccc5ccc(C(C)(C)C)cc5c41)-c1ccc4ccc(C(C)(C)C)cc4c1-3)c1ccc3ccc(C(C)(C)C)cc3c21. The summed E-state index contributed by atoms with van der Waals surface area (Å²) < 4.78 is 0. The molecule has 8 aromatic carbocycles. The molecule has 0 unspecified atom stereocenters. The summed E-state index contributed by atoms with van der Waals surface area (Å²) in [7, 11) is 0. The molecule has 8 bridgehead atoms. The summed E-state index contributed by atoms with van der Waals surface area (Å²) in [6, 6.07) is 44.6. The van der Waals surface area contributed by atoms with Crippen LogP contribution in [0.1, 0.15) is 105 Å². The Morgan fingerprint density at radius 2 is 0.569 bits per heavy atom. The number of nitrogens with zero attached hydrogens (tertiary/aromatic N) is 6. The van der Waals surface area contributed by atoms with Crippen LogP contribution < -0.4 is 0 Å². The van der Waals surface area contributed by atoms with Crippen LogP contribution in [-0.2, 0) is 21.7 Å². The quantitative estimate of drug-likeness (QED) is 0.157. The fourth-order valence-electron chi connectivity index (χ4n) is 10.9. The van der Waals surface area contributed by atoms with Crippen LogP contribution in [0.5, 0.6) is 0 Å². The molecule has 0 aliphatic carbocycles. The Morgan fingerprint density at radius 3 is 0.917 bits per heavy atom. The monoisotopic (exact) mass is 938 g/mol. The maximum Gasteiger partial charge on any atom is 0.165 e. The number of rotatable bonds is 0. The Morgan fingerprint density at radius 1 is 0.278 bits per heavy atom. The van der Waals surface area contributed by atoms with Gasteiger partial charge in [0, 0.05) is 43.8 Å². The molecule has 8 heteroatoms. The van der Waals surface area contributed by atoms with Crippen LogP contribution in [0.25, 0.3) is 133 Å². The van der Waals surface area contributed by atoms with E-state index in [0.717, 1.165) is 86.9 Å². The maximum atomic E-state index is 5.60. The van der Waals surface area contributed by atoms with Crippen molar-refractivity contribution in [1.82, 2.24) is 39.9 Å². The molecule has 2 N–H and O–H groups in total. The van der Waals surface area contributed by atoms with E-state index in [9.17, 15) is 0 Å². The summed E-state index contributed by atoms with van der Waals surface area (Å²) in [6.07, 6.45) is 0. The Kier molecular flexibility index (Phi) is 9.11. The van der Waals surface area contributed by atoms with Crippen LogP contribution in [0.2, 0.25) is 0 Å². The van der Waals surface area contributed by atoms with Crippen molar-refractivity contribution < 1.29 is 0 Å². The van der Waals surface area contributed by atoms with E-state index in [0.29, 0.717) is 45.9 Å². The summed E-state index contributed by atoms with van der Waals surface area (Å²) in [6.45, 7) is 27.1. The van der Waals surface area contributed by atoms with Crippen molar-refractivity contribution in [2.75, 3.05) is 0 Å². The number of hydrogen-bond acceptors (Lipinski definition) is 6. The third-order valence-corrected chi connectivity index (χ3v) is 15.2. The summed E-state index contributed by atoms with van der Waals surface area (Å²) in [5.74, 6) is 2.34. The van der Waals surface area contributed by atoms with E-state index < -0.39 is 0 Å². The Balaban J connectivity index is 1.25. The number of fused-ring (bicyclic) bond motifs is 28. The van der Waals surface area contributed by atoms with Gasteiger partial charge in [-0.15, -0.1) is 0 Å². The van der Waals surface area contributed by atoms with Crippen LogP contribution >= 0.6 is 0 Å². The molecule has 5 heterocycles. The number of aromatic nitrogens is 8. The molecule has 0 saturated carbocycles. The average Bonchev–Trinajstić information content (AvgIpc) is 4.08. The molecule has 2 aliphatic heterocycles. The molecule has 0 amide bonds. The van der Waals surface area contributed by atoms with Gasteiger partial charge in [-0.05, 0) is 136 Å². The van der Waals surface area contributed by atoms with Gasteiger partial charge >= 0.3 is 0 Å². The van der Waals surface area contributed by atoms with Gasteiger partial charge in [0.05, 0.1) is 0 Å². The van der Waals surface area contributed by atoms with Crippen LogP contribution in [0, 0.1) is 0 Å². The molecule has 8 nitrogen and oxygen atoms in total. The lowest BCUT2D eigenvalue weighted by Gasteiger charge is -2.20. The van der Waals surface area contributed by atoms with Gasteiger partial charge in [-0.2, -0.15) is 0 Å². The molecule has 11 aromatic rings. The van der Waals surface area contributed by atoms with Gasteiger partial charge in [0.1, 0.15) is 22.6 Å². The summed E-state index contributed by atoms with van der Waals surface area (Å²) in [5.41, 5.74) is 11.1. The van der Waals surface area contributed by atoms with E-state index in [1.54, 1.807) is 0 Å². The fraction of sp³-hybridized carbons (Fsp3) is 0.250. The normalized spacial score (nSPS) is 13.3. The van der Waals surface area contributed by atoms with Crippen LogP contribution in [0.15, 0.2) is 121 Å². The van der Waals surface area contributed by atoms with Crippen molar-refractivity contribution in [3.8, 4) is 45.6 Å². The minimum Gasteiger partial charge on any atom is -0.324 e. The lowest BCUT2D eigenvalue weighted by Crippen LogP contribution is -2.10. The van der Waals surface area contributed by atoms with Crippen molar-refractivity contribution in [2.24, 2.45) is 0 Å². The first-order valence-electron chi connectivity index (χ1n) is 25.3. The Labute approximate surface area is 419 Å². The number of hydrogen-bond donors (Lipinski definition) is 2. The third kappa shape index (κ3) is 6.86. The van der Waals surface area contributed by atoms with E-state index in [-0.39, 0.29) is 21.7 Å². The van der Waals surface area contributed by atoms with Gasteiger partial charge in [0.2, 0.25) is 0 Å². The molecular formula is C64H58N8. The van der Waals surface area contributed by atoms with Crippen molar-refractivity contribution in [3.05, 3.63) is 144 Å². The van der Waals surface area contributed by atoms with E-state index in [4.69, 9.17) is 29.9 Å². The van der Waals surface area contributed by atoms with Gasteiger partial charge in [0.25, 0.3) is 0 Å². The largest absolute Gasteiger partial charge is 0.324 e. The highest BCUT2D eigenvalue weighted by Gasteiger charge is 2.28. The summed E-state index contributed by atoms with van der Waals surface area (Å²) in [4.78, 5) is 40.9. The van der Waals surface area contributed by atoms with Crippen LogP contribution in [0.4, 0.5) is 0 Å². The highest BCUT2D eigenvalue weighted by Crippen LogP contribution is 2.45. The average molecular weight is 939 g/mol. The molecular weight excluding hydrogens is 881 g/mol. The first-order valence-corrected chi connectivity index (χ1v) is 25.3. The molecule has 2 aliphatic rings. The molecule has 13 rings (SSSR count). The number of H-pyrrole nitrogens is 2. The highest BCUT2D eigenvalue weighted by molar-refractivity contribution is 6.21. The second-order valence-corrected chi connectivity index (χ2v) is 24.3. The minimum absolute atomic E-state index is 0.0792. The molecule has 354 valence electrons. The minimum atomic E-state index is -0.0812. The zero-order valence-electron chi connectivity index (χ0n) is 43.2. The van der Waals surface area contributed by atoms with E-state index in [1.807, 2.05) is 0 Å². The number of benzene rings is 8. The van der Waals surface area contributed by atoms with Crippen LogP contribution in [-0.4, -0.2) is 39.9 Å². The maximum absolute atomic E-state index is 5.60. The lowest BCUT2D eigenvalue weighted by atomic mass is 9.85. The lowest BCUT2D eigenvalue weighted by molar-refractivity contribution is 0.591.